The Morgan fingerprint density at radius 1 is 1.45 bits per heavy atom. The normalized spacial score (nSPS) is 11.2. The molecular weight excluding hydrogens is 292 g/mol. The fourth-order valence-corrected chi connectivity index (χ4v) is 3.04. The van der Waals surface area contributed by atoms with Gasteiger partial charge in [0.1, 0.15) is 18.2 Å². The van der Waals surface area contributed by atoms with Crippen molar-refractivity contribution < 1.29 is 0 Å². The van der Waals surface area contributed by atoms with Crippen molar-refractivity contribution in [2.45, 2.75) is 6.92 Å². The monoisotopic (exact) mass is 302 g/mol. The molecule has 20 heavy (non-hydrogen) atoms. The standard InChI is InChI=1S/C14H11ClN4S/c1-8-11(6-16)12(9-2-4-10(15)5-3-9)13(20-8)14(18)19-7-17/h2-5,7H,1H3,(H3,17,18,19). The molecule has 0 saturated carbocycles. The van der Waals surface area contributed by atoms with Crippen molar-refractivity contribution in [2.75, 3.05) is 0 Å². The third kappa shape index (κ3) is 2.57. The molecule has 0 spiro atoms. The van der Waals surface area contributed by atoms with Crippen molar-refractivity contribution in [2.24, 2.45) is 10.7 Å². The van der Waals surface area contributed by atoms with Crippen molar-refractivity contribution in [1.82, 2.24) is 0 Å². The lowest BCUT2D eigenvalue weighted by Gasteiger charge is -2.04. The molecule has 100 valence electrons. The van der Waals surface area contributed by atoms with Crippen LogP contribution in [0.5, 0.6) is 0 Å². The molecule has 0 aliphatic heterocycles. The average Bonchev–Trinajstić information content (AvgIpc) is 2.77. The summed E-state index contributed by atoms with van der Waals surface area (Å²) in [6.45, 7) is 1.86. The first-order chi connectivity index (χ1) is 9.58. The second-order valence-corrected chi connectivity index (χ2v) is 5.66. The van der Waals surface area contributed by atoms with Crippen LogP contribution in [0.3, 0.4) is 0 Å². The van der Waals surface area contributed by atoms with Gasteiger partial charge in [0, 0.05) is 15.5 Å². The third-order valence-electron chi connectivity index (χ3n) is 2.77. The summed E-state index contributed by atoms with van der Waals surface area (Å²) in [4.78, 5) is 5.37. The van der Waals surface area contributed by atoms with Crippen LogP contribution in [-0.2, 0) is 0 Å². The van der Waals surface area contributed by atoms with E-state index in [1.54, 1.807) is 12.1 Å². The van der Waals surface area contributed by atoms with Crippen LogP contribution in [0.4, 0.5) is 0 Å². The molecule has 1 heterocycles. The Bertz CT molecular complexity index is 723. The molecule has 0 aliphatic carbocycles. The topological polar surface area (TPSA) is 86.0 Å². The average molecular weight is 303 g/mol. The summed E-state index contributed by atoms with van der Waals surface area (Å²) in [6.07, 6.45) is 0.891. The van der Waals surface area contributed by atoms with E-state index in [9.17, 15) is 5.26 Å². The van der Waals surface area contributed by atoms with Crippen molar-refractivity contribution in [3.05, 3.63) is 44.6 Å². The lowest BCUT2D eigenvalue weighted by Crippen LogP contribution is -2.12. The fourth-order valence-electron chi connectivity index (χ4n) is 1.88. The number of hydrogen-bond donors (Lipinski definition) is 2. The Balaban J connectivity index is 2.72. The lowest BCUT2D eigenvalue weighted by molar-refractivity contribution is 1.46. The summed E-state index contributed by atoms with van der Waals surface area (Å²) < 4.78 is 0. The Morgan fingerprint density at radius 3 is 2.65 bits per heavy atom. The van der Waals surface area contributed by atoms with Crippen LogP contribution in [0.15, 0.2) is 29.3 Å². The first-order valence-corrected chi connectivity index (χ1v) is 6.90. The number of rotatable bonds is 3. The number of hydrogen-bond acceptors (Lipinski definition) is 3. The molecule has 0 unspecified atom stereocenters. The van der Waals surface area contributed by atoms with Crippen LogP contribution in [0.25, 0.3) is 11.1 Å². The number of benzene rings is 1. The van der Waals surface area contributed by atoms with Gasteiger partial charge in [0.15, 0.2) is 0 Å². The molecule has 0 radical (unpaired) electrons. The van der Waals surface area contributed by atoms with Crippen molar-refractivity contribution in [3.63, 3.8) is 0 Å². The van der Waals surface area contributed by atoms with E-state index in [0.717, 1.165) is 22.3 Å². The zero-order chi connectivity index (χ0) is 14.7. The quantitative estimate of drug-likeness (QED) is 0.671. The zero-order valence-electron chi connectivity index (χ0n) is 10.6. The minimum Gasteiger partial charge on any atom is -0.382 e. The summed E-state index contributed by atoms with van der Waals surface area (Å²) in [5, 5.41) is 17.0. The summed E-state index contributed by atoms with van der Waals surface area (Å²) in [5.41, 5.74) is 8.06. The van der Waals surface area contributed by atoms with E-state index in [1.165, 1.54) is 11.3 Å². The van der Waals surface area contributed by atoms with Gasteiger partial charge in [0.2, 0.25) is 0 Å². The summed E-state index contributed by atoms with van der Waals surface area (Å²) in [7, 11) is 0. The van der Waals surface area contributed by atoms with Gasteiger partial charge < -0.3 is 5.73 Å². The third-order valence-corrected chi connectivity index (χ3v) is 4.14. The second-order valence-electron chi connectivity index (χ2n) is 4.00. The van der Waals surface area contributed by atoms with Crippen molar-refractivity contribution in [1.29, 1.82) is 10.7 Å². The predicted octanol–water partition coefficient (Wildman–Crippen LogP) is 3.56. The molecule has 3 N–H and O–H groups in total. The summed E-state index contributed by atoms with van der Waals surface area (Å²) >= 11 is 7.29. The molecule has 0 bridgehead atoms. The smallest absolute Gasteiger partial charge is 0.143 e. The SMILES string of the molecule is Cc1sc(C(N)=NC=N)c(-c2ccc(Cl)cc2)c1C#N. The van der Waals surface area contributed by atoms with Crippen LogP contribution in [0, 0.1) is 23.7 Å². The Morgan fingerprint density at radius 2 is 2.10 bits per heavy atom. The zero-order valence-corrected chi connectivity index (χ0v) is 12.2. The van der Waals surface area contributed by atoms with Gasteiger partial charge in [0.25, 0.3) is 0 Å². The van der Waals surface area contributed by atoms with Crippen LogP contribution in [0.1, 0.15) is 15.3 Å². The van der Waals surface area contributed by atoms with Gasteiger partial charge in [-0.1, -0.05) is 23.7 Å². The highest BCUT2D eigenvalue weighted by atomic mass is 35.5. The Kier molecular flexibility index (Phi) is 4.18. The molecule has 2 aromatic rings. The number of amidine groups is 1. The van der Waals surface area contributed by atoms with E-state index in [4.69, 9.17) is 22.7 Å². The van der Waals surface area contributed by atoms with Gasteiger partial charge >= 0.3 is 0 Å². The van der Waals surface area contributed by atoms with Crippen LogP contribution in [0.2, 0.25) is 5.02 Å². The number of nitriles is 1. The van der Waals surface area contributed by atoms with Gasteiger partial charge in [-0.3, -0.25) is 5.41 Å². The van der Waals surface area contributed by atoms with Gasteiger partial charge in [0.05, 0.1) is 10.4 Å². The minimum atomic E-state index is 0.236. The van der Waals surface area contributed by atoms with E-state index in [2.05, 4.69) is 11.1 Å². The molecule has 0 fully saturated rings. The van der Waals surface area contributed by atoms with Gasteiger partial charge in [-0.15, -0.1) is 11.3 Å². The number of halogens is 1. The van der Waals surface area contributed by atoms with E-state index in [-0.39, 0.29) is 5.84 Å². The van der Waals surface area contributed by atoms with Gasteiger partial charge in [-0.25, -0.2) is 4.99 Å². The number of nitrogens with one attached hydrogen (secondary N) is 1. The molecular formula is C14H11ClN4S. The van der Waals surface area contributed by atoms with E-state index >= 15 is 0 Å². The molecule has 1 aromatic heterocycles. The highest BCUT2D eigenvalue weighted by molar-refractivity contribution is 7.14. The summed E-state index contributed by atoms with van der Waals surface area (Å²) in [6, 6.07) is 9.41. The second kappa shape index (κ2) is 5.87. The van der Waals surface area contributed by atoms with Crippen LogP contribution in [-0.4, -0.2) is 12.2 Å². The molecule has 0 aliphatic rings. The molecule has 6 heteroatoms. The predicted molar refractivity (Wildman–Crippen MR) is 83.7 cm³/mol. The van der Waals surface area contributed by atoms with Crippen molar-refractivity contribution in [3.8, 4) is 17.2 Å². The van der Waals surface area contributed by atoms with Crippen LogP contribution >= 0.6 is 22.9 Å². The molecule has 2 rings (SSSR count). The maximum Gasteiger partial charge on any atom is 0.143 e. The first-order valence-electron chi connectivity index (χ1n) is 5.70. The number of thiophene rings is 1. The number of nitrogens with two attached hydrogens (primary N) is 1. The van der Waals surface area contributed by atoms with E-state index in [1.807, 2.05) is 19.1 Å². The molecule has 1 aromatic carbocycles. The largest absolute Gasteiger partial charge is 0.382 e. The first kappa shape index (κ1) is 14.3. The minimum absolute atomic E-state index is 0.236. The maximum absolute atomic E-state index is 9.35. The summed E-state index contributed by atoms with van der Waals surface area (Å²) in [5.74, 6) is 0.236. The highest BCUT2D eigenvalue weighted by Gasteiger charge is 2.19. The Hall–Kier alpha value is -2.16. The van der Waals surface area contributed by atoms with E-state index in [0.29, 0.717) is 15.5 Å². The molecule has 0 amide bonds. The molecule has 4 nitrogen and oxygen atoms in total. The van der Waals surface area contributed by atoms with Gasteiger partial charge in [-0.2, -0.15) is 5.26 Å². The van der Waals surface area contributed by atoms with E-state index < -0.39 is 0 Å². The van der Waals surface area contributed by atoms with Crippen molar-refractivity contribution >= 4 is 35.1 Å². The Labute approximate surface area is 125 Å². The van der Waals surface area contributed by atoms with Crippen LogP contribution < -0.4 is 5.73 Å². The lowest BCUT2D eigenvalue weighted by atomic mass is 10.0. The molecule has 0 saturated heterocycles. The fraction of sp³-hybridized carbons (Fsp3) is 0.0714. The highest BCUT2D eigenvalue weighted by Crippen LogP contribution is 2.36. The number of nitrogens with zero attached hydrogens (tertiary/aromatic N) is 2. The molecule has 0 atom stereocenters. The number of aryl methyl sites for hydroxylation is 1. The maximum atomic E-state index is 9.35. The number of aliphatic imine (C=N–C) groups is 1. The van der Waals surface area contributed by atoms with Gasteiger partial charge in [-0.05, 0) is 24.6 Å².